The molecule has 2 fully saturated rings. The average molecular weight is 386 g/mol. The number of hydrogen-bond donors (Lipinski definition) is 1. The number of aromatic nitrogens is 2. The molecule has 1 saturated carbocycles. The topological polar surface area (TPSA) is 50.3 Å². The van der Waals surface area contributed by atoms with Crippen molar-refractivity contribution in [3.05, 3.63) is 33.7 Å². The molecule has 0 atom stereocenters. The zero-order chi connectivity index (χ0) is 19.9. The van der Waals surface area contributed by atoms with Gasteiger partial charge in [-0.1, -0.05) is 0 Å². The maximum Gasteiger partial charge on any atom is 0.326 e. The van der Waals surface area contributed by atoms with Crippen LogP contribution in [0.4, 0.5) is 0 Å². The first kappa shape index (κ1) is 19.7. The molecule has 1 saturated heterocycles. The molecule has 2 heterocycles. The molecule has 1 aliphatic carbocycles. The Kier molecular flexibility index (Phi) is 5.41. The minimum absolute atomic E-state index is 0.0434. The second-order valence-electron chi connectivity index (χ2n) is 9.12. The first-order chi connectivity index (χ1) is 13.4. The van der Waals surface area contributed by atoms with Crippen molar-refractivity contribution in [3.8, 4) is 0 Å². The predicted molar refractivity (Wildman–Crippen MR) is 114 cm³/mol. The van der Waals surface area contributed by atoms with Crippen LogP contribution in [-0.4, -0.2) is 45.8 Å². The minimum Gasteiger partial charge on any atom is -0.379 e. The van der Waals surface area contributed by atoms with Crippen molar-refractivity contribution in [3.63, 3.8) is 0 Å². The SMILES string of the molecule is CCO[C@H]1CC[C@](C)(N2CCC(n3c(=O)[nH]c4cc(C)c(C)cc43)CC2)CC1. The molecule has 4 rings (SSSR count). The molecule has 5 nitrogen and oxygen atoms in total. The molecule has 0 radical (unpaired) electrons. The number of nitrogens with one attached hydrogen (secondary N) is 1. The number of ether oxygens (including phenoxy) is 1. The average Bonchev–Trinajstić information content (AvgIpc) is 2.99. The fourth-order valence-electron chi connectivity index (χ4n) is 5.34. The van der Waals surface area contributed by atoms with Crippen molar-refractivity contribution >= 4 is 11.0 Å². The summed E-state index contributed by atoms with van der Waals surface area (Å²) in [4.78, 5) is 18.4. The van der Waals surface area contributed by atoms with E-state index in [4.69, 9.17) is 4.74 Å². The van der Waals surface area contributed by atoms with Crippen molar-refractivity contribution in [2.24, 2.45) is 0 Å². The first-order valence-corrected chi connectivity index (χ1v) is 11.0. The van der Waals surface area contributed by atoms with E-state index < -0.39 is 0 Å². The molecule has 1 N–H and O–H groups in total. The Hall–Kier alpha value is -1.59. The molecule has 1 aromatic heterocycles. The number of imidazole rings is 1. The zero-order valence-electron chi connectivity index (χ0n) is 17.9. The highest BCUT2D eigenvalue weighted by molar-refractivity contribution is 5.77. The van der Waals surface area contributed by atoms with Gasteiger partial charge in [0.15, 0.2) is 0 Å². The lowest BCUT2D eigenvalue weighted by Crippen LogP contribution is -2.53. The van der Waals surface area contributed by atoms with E-state index in [9.17, 15) is 4.79 Å². The summed E-state index contributed by atoms with van der Waals surface area (Å²) in [7, 11) is 0. The molecular formula is C23H35N3O2. The van der Waals surface area contributed by atoms with Gasteiger partial charge in [-0.3, -0.25) is 9.47 Å². The first-order valence-electron chi connectivity index (χ1n) is 11.0. The third-order valence-corrected chi connectivity index (χ3v) is 7.34. The monoisotopic (exact) mass is 385 g/mol. The molecule has 2 aliphatic rings. The molecule has 0 bridgehead atoms. The quantitative estimate of drug-likeness (QED) is 0.853. The number of H-pyrrole nitrogens is 1. The van der Waals surface area contributed by atoms with Crippen molar-refractivity contribution in [2.75, 3.05) is 19.7 Å². The predicted octanol–water partition coefficient (Wildman–Crippen LogP) is 4.32. The third kappa shape index (κ3) is 3.55. The van der Waals surface area contributed by atoms with E-state index in [-0.39, 0.29) is 11.2 Å². The largest absolute Gasteiger partial charge is 0.379 e. The van der Waals surface area contributed by atoms with Gasteiger partial charge >= 0.3 is 5.69 Å². The van der Waals surface area contributed by atoms with Crippen LogP contribution in [0.15, 0.2) is 16.9 Å². The summed E-state index contributed by atoms with van der Waals surface area (Å²) in [5.74, 6) is 0. The van der Waals surface area contributed by atoms with Crippen molar-refractivity contribution in [1.29, 1.82) is 0 Å². The van der Waals surface area contributed by atoms with E-state index in [2.05, 4.69) is 49.7 Å². The molecule has 1 aromatic carbocycles. The summed E-state index contributed by atoms with van der Waals surface area (Å²) in [6.45, 7) is 11.7. The maximum atomic E-state index is 12.7. The van der Waals surface area contributed by atoms with Crippen molar-refractivity contribution in [2.45, 2.75) is 83.9 Å². The number of rotatable bonds is 4. The number of likely N-dealkylation sites (tertiary alicyclic amines) is 1. The summed E-state index contributed by atoms with van der Waals surface area (Å²) in [5.41, 5.74) is 4.84. The summed E-state index contributed by atoms with van der Waals surface area (Å²) in [5, 5.41) is 0. The third-order valence-electron chi connectivity index (χ3n) is 7.34. The highest BCUT2D eigenvalue weighted by Crippen LogP contribution is 2.38. The normalized spacial score (nSPS) is 27.5. The summed E-state index contributed by atoms with van der Waals surface area (Å²) < 4.78 is 7.86. The van der Waals surface area contributed by atoms with E-state index in [0.29, 0.717) is 12.1 Å². The molecular weight excluding hydrogens is 350 g/mol. The molecule has 2 aromatic rings. The summed E-state index contributed by atoms with van der Waals surface area (Å²) >= 11 is 0. The van der Waals surface area contributed by atoms with Crippen LogP contribution >= 0.6 is 0 Å². The standard InChI is InChI=1S/C23H35N3O2/c1-5-28-19-6-10-23(4,11-7-19)25-12-8-18(9-13-25)26-21-15-17(3)16(2)14-20(21)24-22(26)27/h14-15,18-19H,5-13H2,1-4H3,(H,24,27)/t19-,23-. The molecule has 28 heavy (non-hydrogen) atoms. The minimum atomic E-state index is 0.0434. The Morgan fingerprint density at radius 3 is 2.39 bits per heavy atom. The van der Waals surface area contributed by atoms with Gasteiger partial charge in [-0.05, 0) is 89.5 Å². The van der Waals surface area contributed by atoms with Gasteiger partial charge in [0.1, 0.15) is 0 Å². The van der Waals surface area contributed by atoms with Crippen LogP contribution in [0, 0.1) is 13.8 Å². The lowest BCUT2D eigenvalue weighted by atomic mass is 9.79. The van der Waals surface area contributed by atoms with Gasteiger partial charge < -0.3 is 9.72 Å². The van der Waals surface area contributed by atoms with Gasteiger partial charge in [0, 0.05) is 31.3 Å². The number of aromatic amines is 1. The van der Waals surface area contributed by atoms with Crippen LogP contribution in [0.5, 0.6) is 0 Å². The van der Waals surface area contributed by atoms with Gasteiger partial charge in [-0.15, -0.1) is 0 Å². The van der Waals surface area contributed by atoms with E-state index in [1.807, 2.05) is 4.57 Å². The lowest BCUT2D eigenvalue weighted by Gasteiger charge is -2.48. The van der Waals surface area contributed by atoms with Crippen molar-refractivity contribution in [1.82, 2.24) is 14.5 Å². The van der Waals surface area contributed by atoms with Gasteiger partial charge in [-0.25, -0.2) is 4.79 Å². The zero-order valence-corrected chi connectivity index (χ0v) is 17.9. The number of benzene rings is 1. The molecule has 5 heteroatoms. The van der Waals surface area contributed by atoms with Crippen LogP contribution < -0.4 is 5.69 Å². The van der Waals surface area contributed by atoms with Crippen LogP contribution in [0.1, 0.15) is 69.5 Å². The second-order valence-corrected chi connectivity index (χ2v) is 9.12. The van der Waals surface area contributed by atoms with Crippen LogP contribution in [0.2, 0.25) is 0 Å². The Balaban J connectivity index is 1.46. The van der Waals surface area contributed by atoms with Gasteiger partial charge in [0.25, 0.3) is 0 Å². The van der Waals surface area contributed by atoms with E-state index in [1.165, 1.54) is 36.8 Å². The number of hydrogen-bond acceptors (Lipinski definition) is 3. The number of aryl methyl sites for hydroxylation is 2. The van der Waals surface area contributed by atoms with Crippen LogP contribution in [0.25, 0.3) is 11.0 Å². The molecule has 0 spiro atoms. The second kappa shape index (κ2) is 7.68. The van der Waals surface area contributed by atoms with Gasteiger partial charge in [0.2, 0.25) is 0 Å². The fraction of sp³-hybridized carbons (Fsp3) is 0.696. The highest BCUT2D eigenvalue weighted by atomic mass is 16.5. The maximum absolute atomic E-state index is 12.7. The smallest absolute Gasteiger partial charge is 0.326 e. The van der Waals surface area contributed by atoms with E-state index in [0.717, 1.165) is 43.6 Å². The Morgan fingerprint density at radius 2 is 1.75 bits per heavy atom. The summed E-state index contributed by atoms with van der Waals surface area (Å²) in [6, 6.07) is 4.57. The van der Waals surface area contributed by atoms with E-state index in [1.54, 1.807) is 0 Å². The molecule has 0 unspecified atom stereocenters. The van der Waals surface area contributed by atoms with Gasteiger partial charge in [0.05, 0.1) is 17.1 Å². The van der Waals surface area contributed by atoms with Crippen LogP contribution in [-0.2, 0) is 4.74 Å². The highest BCUT2D eigenvalue weighted by Gasteiger charge is 2.38. The number of piperidine rings is 1. The molecule has 154 valence electrons. The Labute approximate surface area is 168 Å². The summed E-state index contributed by atoms with van der Waals surface area (Å²) in [6.07, 6.45) is 7.32. The van der Waals surface area contributed by atoms with Crippen molar-refractivity contribution < 1.29 is 4.74 Å². The van der Waals surface area contributed by atoms with E-state index >= 15 is 0 Å². The molecule has 0 amide bonds. The van der Waals surface area contributed by atoms with Crippen LogP contribution in [0.3, 0.4) is 0 Å². The number of fused-ring (bicyclic) bond motifs is 1. The molecule has 1 aliphatic heterocycles. The Morgan fingerprint density at radius 1 is 1.11 bits per heavy atom. The van der Waals surface area contributed by atoms with Gasteiger partial charge in [-0.2, -0.15) is 0 Å². The number of nitrogens with zero attached hydrogens (tertiary/aromatic N) is 2. The fourth-order valence-corrected chi connectivity index (χ4v) is 5.34. The lowest BCUT2D eigenvalue weighted by molar-refractivity contribution is -0.0273. The Bertz CT molecular complexity index is 881.